The van der Waals surface area contributed by atoms with Gasteiger partial charge in [-0.05, 0) is 27.2 Å². The maximum absolute atomic E-state index is 11.6. The molecule has 2 N–H and O–H groups in total. The molecule has 1 aliphatic heterocycles. The van der Waals surface area contributed by atoms with Gasteiger partial charge >= 0.3 is 0 Å². The normalized spacial score (nSPS) is 22.7. The molecule has 17 heavy (non-hydrogen) atoms. The van der Waals surface area contributed by atoms with Crippen LogP contribution in [-0.2, 0) is 9.59 Å². The molecule has 0 aromatic carbocycles. The number of imide groups is 1. The smallest absolute Gasteiger partial charge is 0.243 e. The summed E-state index contributed by atoms with van der Waals surface area (Å²) in [5, 5.41) is 5.74. The first kappa shape index (κ1) is 14.1. The van der Waals surface area contributed by atoms with Crippen molar-refractivity contribution in [1.29, 1.82) is 0 Å². The number of hydrogen-bond donors (Lipinski definition) is 2. The van der Waals surface area contributed by atoms with E-state index in [4.69, 9.17) is 0 Å². The van der Waals surface area contributed by atoms with E-state index in [2.05, 4.69) is 31.4 Å². The number of nitrogens with zero attached hydrogens (tertiary/aromatic N) is 1. The van der Waals surface area contributed by atoms with Crippen LogP contribution < -0.4 is 10.6 Å². The lowest BCUT2D eigenvalue weighted by atomic mass is 10.1. The van der Waals surface area contributed by atoms with E-state index >= 15 is 0 Å². The zero-order valence-electron chi connectivity index (χ0n) is 11.2. The van der Waals surface area contributed by atoms with Crippen molar-refractivity contribution in [2.75, 3.05) is 19.6 Å². The Morgan fingerprint density at radius 1 is 1.41 bits per heavy atom. The number of carbonyl (C=O) groups excluding carboxylic acids is 2. The van der Waals surface area contributed by atoms with Crippen LogP contribution in [0.4, 0.5) is 0 Å². The van der Waals surface area contributed by atoms with Crippen molar-refractivity contribution in [3.8, 4) is 0 Å². The largest absolute Gasteiger partial charge is 0.311 e. The molecule has 0 bridgehead atoms. The average Bonchev–Trinajstić information content (AvgIpc) is 2.14. The second-order valence-electron chi connectivity index (χ2n) is 5.48. The summed E-state index contributed by atoms with van der Waals surface area (Å²) in [6, 6.07) is -0.172. The minimum atomic E-state index is -0.199. The highest BCUT2D eigenvalue weighted by atomic mass is 16.2. The Morgan fingerprint density at radius 2 is 2.06 bits per heavy atom. The van der Waals surface area contributed by atoms with Gasteiger partial charge in [0.1, 0.15) is 0 Å². The van der Waals surface area contributed by atoms with Gasteiger partial charge in [0.15, 0.2) is 0 Å². The summed E-state index contributed by atoms with van der Waals surface area (Å²) in [5.41, 5.74) is 0.0593. The first-order valence-corrected chi connectivity index (χ1v) is 6.16. The second kappa shape index (κ2) is 5.60. The maximum atomic E-state index is 11.6. The predicted octanol–water partition coefficient (Wildman–Crippen LogP) is 0.112. The molecule has 2 amide bonds. The molecule has 1 atom stereocenters. The van der Waals surface area contributed by atoms with Gasteiger partial charge in [-0.1, -0.05) is 6.92 Å². The fourth-order valence-corrected chi connectivity index (χ4v) is 1.97. The molecular formula is C12H23N3O2. The molecule has 98 valence electrons. The third kappa shape index (κ3) is 4.44. The van der Waals surface area contributed by atoms with Crippen LogP contribution in [0, 0.1) is 0 Å². The highest BCUT2D eigenvalue weighted by Crippen LogP contribution is 2.08. The molecule has 1 unspecified atom stereocenters. The summed E-state index contributed by atoms with van der Waals surface area (Å²) >= 11 is 0. The van der Waals surface area contributed by atoms with Crippen molar-refractivity contribution in [2.24, 2.45) is 0 Å². The molecule has 0 radical (unpaired) electrons. The molecule has 0 aliphatic carbocycles. The maximum Gasteiger partial charge on any atom is 0.243 e. The van der Waals surface area contributed by atoms with Crippen LogP contribution in [0.5, 0.6) is 0 Å². The molecular weight excluding hydrogens is 218 g/mol. The SMILES string of the molecule is CCC1C(=O)NC(=O)CN1CCNC(C)(C)C. The van der Waals surface area contributed by atoms with Crippen LogP contribution in [0.3, 0.4) is 0 Å². The molecule has 0 aromatic rings. The molecule has 1 fully saturated rings. The monoisotopic (exact) mass is 241 g/mol. The minimum absolute atomic E-state index is 0.0593. The molecule has 0 spiro atoms. The second-order valence-corrected chi connectivity index (χ2v) is 5.48. The van der Waals surface area contributed by atoms with Crippen LogP contribution >= 0.6 is 0 Å². The van der Waals surface area contributed by atoms with Crippen molar-refractivity contribution >= 4 is 11.8 Å². The van der Waals surface area contributed by atoms with E-state index in [0.29, 0.717) is 6.54 Å². The van der Waals surface area contributed by atoms with E-state index in [-0.39, 0.29) is 23.4 Å². The Bertz CT molecular complexity index is 297. The number of nitrogens with one attached hydrogen (secondary N) is 2. The summed E-state index contributed by atoms with van der Waals surface area (Å²) < 4.78 is 0. The van der Waals surface area contributed by atoms with Crippen molar-refractivity contribution in [2.45, 2.75) is 45.7 Å². The van der Waals surface area contributed by atoms with Crippen molar-refractivity contribution in [1.82, 2.24) is 15.5 Å². The molecule has 0 aromatic heterocycles. The lowest BCUT2D eigenvalue weighted by Crippen LogP contribution is -2.59. The predicted molar refractivity (Wildman–Crippen MR) is 66.6 cm³/mol. The lowest BCUT2D eigenvalue weighted by Gasteiger charge is -2.34. The van der Waals surface area contributed by atoms with Crippen molar-refractivity contribution < 1.29 is 9.59 Å². The van der Waals surface area contributed by atoms with E-state index in [9.17, 15) is 9.59 Å². The number of hydrogen-bond acceptors (Lipinski definition) is 4. The third-order valence-electron chi connectivity index (χ3n) is 2.79. The Hall–Kier alpha value is -0.940. The molecule has 1 saturated heterocycles. The topological polar surface area (TPSA) is 61.4 Å². The van der Waals surface area contributed by atoms with E-state index in [1.807, 2.05) is 11.8 Å². The zero-order chi connectivity index (χ0) is 13.1. The van der Waals surface area contributed by atoms with Crippen LogP contribution in [0.15, 0.2) is 0 Å². The van der Waals surface area contributed by atoms with Crippen molar-refractivity contribution in [3.63, 3.8) is 0 Å². The standard InChI is InChI=1S/C12H23N3O2/c1-5-9-11(17)14-10(16)8-15(9)7-6-13-12(2,3)4/h9,13H,5-8H2,1-4H3,(H,14,16,17). The Balaban J connectivity index is 2.49. The van der Waals surface area contributed by atoms with Crippen LogP contribution in [-0.4, -0.2) is 47.9 Å². The number of amides is 2. The van der Waals surface area contributed by atoms with Gasteiger partial charge in [0.2, 0.25) is 11.8 Å². The summed E-state index contributed by atoms with van der Waals surface area (Å²) in [6.45, 7) is 10.1. The Morgan fingerprint density at radius 3 is 2.59 bits per heavy atom. The Labute approximate surface area is 103 Å². The fourth-order valence-electron chi connectivity index (χ4n) is 1.97. The molecule has 5 heteroatoms. The lowest BCUT2D eigenvalue weighted by molar-refractivity contribution is -0.140. The fraction of sp³-hybridized carbons (Fsp3) is 0.833. The number of rotatable bonds is 4. The molecule has 0 saturated carbocycles. The highest BCUT2D eigenvalue weighted by molar-refractivity contribution is 6.01. The summed E-state index contributed by atoms with van der Waals surface area (Å²) in [4.78, 5) is 24.9. The molecule has 5 nitrogen and oxygen atoms in total. The quantitative estimate of drug-likeness (QED) is 0.686. The van der Waals surface area contributed by atoms with Crippen LogP contribution in [0.2, 0.25) is 0 Å². The third-order valence-corrected chi connectivity index (χ3v) is 2.79. The van der Waals surface area contributed by atoms with Gasteiger partial charge in [0.05, 0.1) is 12.6 Å². The van der Waals surface area contributed by atoms with Crippen molar-refractivity contribution in [3.05, 3.63) is 0 Å². The van der Waals surface area contributed by atoms with Crippen LogP contribution in [0.1, 0.15) is 34.1 Å². The van der Waals surface area contributed by atoms with E-state index in [0.717, 1.165) is 19.5 Å². The van der Waals surface area contributed by atoms with E-state index < -0.39 is 0 Å². The van der Waals surface area contributed by atoms with E-state index in [1.54, 1.807) is 0 Å². The Kier molecular flexibility index (Phi) is 4.65. The van der Waals surface area contributed by atoms with Crippen LogP contribution in [0.25, 0.3) is 0 Å². The van der Waals surface area contributed by atoms with E-state index in [1.165, 1.54) is 0 Å². The molecule has 1 aliphatic rings. The van der Waals surface area contributed by atoms with Gasteiger partial charge in [-0.25, -0.2) is 0 Å². The number of carbonyl (C=O) groups is 2. The average molecular weight is 241 g/mol. The molecule has 1 heterocycles. The first-order valence-electron chi connectivity index (χ1n) is 6.16. The zero-order valence-corrected chi connectivity index (χ0v) is 11.2. The summed E-state index contributed by atoms with van der Waals surface area (Å²) in [7, 11) is 0. The van der Waals surface area contributed by atoms with Gasteiger partial charge in [-0.2, -0.15) is 0 Å². The summed E-state index contributed by atoms with van der Waals surface area (Å²) in [6.07, 6.45) is 0.731. The molecule has 1 rings (SSSR count). The first-order chi connectivity index (χ1) is 7.83. The summed E-state index contributed by atoms with van der Waals surface area (Å²) in [5.74, 6) is -0.366. The van der Waals surface area contributed by atoms with Gasteiger partial charge < -0.3 is 5.32 Å². The number of piperazine rings is 1. The van der Waals surface area contributed by atoms with Gasteiger partial charge in [-0.15, -0.1) is 0 Å². The van der Waals surface area contributed by atoms with Gasteiger partial charge in [-0.3, -0.25) is 19.8 Å². The van der Waals surface area contributed by atoms with Gasteiger partial charge in [0, 0.05) is 18.6 Å². The van der Waals surface area contributed by atoms with Gasteiger partial charge in [0.25, 0.3) is 0 Å². The highest BCUT2D eigenvalue weighted by Gasteiger charge is 2.31. The minimum Gasteiger partial charge on any atom is -0.311 e.